The zero-order valence-electron chi connectivity index (χ0n) is 16.0. The Kier molecular flexibility index (Phi) is 6.27. The van der Waals surface area contributed by atoms with E-state index in [0.717, 1.165) is 42.8 Å². The number of aryl methyl sites for hydroxylation is 1. The minimum Gasteiger partial charge on any atom is -0.345 e. The number of hydrogen-bond donors (Lipinski definition) is 1. The molecule has 0 radical (unpaired) electrons. The quantitative estimate of drug-likeness (QED) is 0.797. The molecule has 0 bridgehead atoms. The summed E-state index contributed by atoms with van der Waals surface area (Å²) in [5.41, 5.74) is 2.33. The van der Waals surface area contributed by atoms with E-state index in [1.807, 2.05) is 33.7 Å². The van der Waals surface area contributed by atoms with Crippen molar-refractivity contribution in [1.82, 2.24) is 19.8 Å². The van der Waals surface area contributed by atoms with E-state index < -0.39 is 0 Å². The molecule has 1 aromatic heterocycles. The highest BCUT2D eigenvalue weighted by molar-refractivity contribution is 5.92. The minimum absolute atomic E-state index is 0.186. The van der Waals surface area contributed by atoms with Gasteiger partial charge in [-0.25, -0.2) is 4.98 Å². The van der Waals surface area contributed by atoms with Crippen molar-refractivity contribution >= 4 is 22.8 Å². The number of likely N-dealkylation sites (tertiary alicyclic amines) is 1. The van der Waals surface area contributed by atoms with E-state index in [1.165, 1.54) is 12.8 Å². The molecule has 0 spiro atoms. The largest absolute Gasteiger partial charge is 0.345 e. The molecule has 0 unspecified atom stereocenters. The molecule has 1 aliphatic rings. The molecule has 2 amide bonds. The molecule has 6 nitrogen and oxygen atoms in total. The average Bonchev–Trinajstić information content (AvgIpc) is 2.83. The molecule has 6 heteroatoms. The molecule has 1 aliphatic heterocycles. The predicted molar refractivity (Wildman–Crippen MR) is 106 cm³/mol. The maximum absolute atomic E-state index is 12.7. The summed E-state index contributed by atoms with van der Waals surface area (Å²) in [4.78, 5) is 31.1. The summed E-state index contributed by atoms with van der Waals surface area (Å²) >= 11 is 0. The third-order valence-electron chi connectivity index (χ3n) is 5.04. The van der Waals surface area contributed by atoms with Crippen LogP contribution in [0.4, 0.5) is 0 Å². The van der Waals surface area contributed by atoms with Gasteiger partial charge >= 0.3 is 0 Å². The van der Waals surface area contributed by atoms with Crippen molar-refractivity contribution in [2.24, 2.45) is 0 Å². The molecular formula is C21H28N4O2. The fourth-order valence-electron chi connectivity index (χ4n) is 3.51. The normalized spacial score (nSPS) is 14.8. The third-order valence-corrected chi connectivity index (χ3v) is 5.04. The number of amides is 2. The van der Waals surface area contributed by atoms with Crippen LogP contribution in [0.3, 0.4) is 0 Å². The second kappa shape index (κ2) is 8.84. The van der Waals surface area contributed by atoms with E-state index in [-0.39, 0.29) is 11.8 Å². The van der Waals surface area contributed by atoms with Gasteiger partial charge in [0.25, 0.3) is 0 Å². The van der Waals surface area contributed by atoms with Crippen molar-refractivity contribution in [3.8, 4) is 0 Å². The molecule has 1 fully saturated rings. The maximum atomic E-state index is 12.7. The first-order chi connectivity index (χ1) is 13.1. The highest BCUT2D eigenvalue weighted by Crippen LogP contribution is 2.18. The Balaban J connectivity index is 1.73. The van der Waals surface area contributed by atoms with Gasteiger partial charge in [-0.3, -0.25) is 9.59 Å². The highest BCUT2D eigenvalue weighted by Gasteiger charge is 2.17. The van der Waals surface area contributed by atoms with Crippen LogP contribution < -0.4 is 5.32 Å². The number of imidazole rings is 1. The molecule has 144 valence electrons. The smallest absolute Gasteiger partial charge is 0.246 e. The summed E-state index contributed by atoms with van der Waals surface area (Å²) in [7, 11) is 0. The SMILES string of the molecule is C=C(C)C(=O)NCc1nc2ccccc2n1CCC(=O)N1CCCCCC1. The summed E-state index contributed by atoms with van der Waals surface area (Å²) in [5.74, 6) is 0.773. The van der Waals surface area contributed by atoms with Crippen LogP contribution in [-0.4, -0.2) is 39.4 Å². The van der Waals surface area contributed by atoms with E-state index in [2.05, 4.69) is 16.9 Å². The second-order valence-corrected chi connectivity index (χ2v) is 7.18. The monoisotopic (exact) mass is 368 g/mol. The van der Waals surface area contributed by atoms with Gasteiger partial charge in [-0.1, -0.05) is 31.6 Å². The first-order valence-electron chi connectivity index (χ1n) is 9.72. The van der Waals surface area contributed by atoms with Crippen molar-refractivity contribution < 1.29 is 9.59 Å². The van der Waals surface area contributed by atoms with Crippen LogP contribution in [0, 0.1) is 0 Å². The number of nitrogens with zero attached hydrogens (tertiary/aromatic N) is 3. The molecule has 2 heterocycles. The van der Waals surface area contributed by atoms with Gasteiger partial charge in [0, 0.05) is 31.6 Å². The number of nitrogens with one attached hydrogen (secondary N) is 1. The minimum atomic E-state index is -0.186. The number of carbonyl (C=O) groups is 2. The first kappa shape index (κ1) is 19.1. The van der Waals surface area contributed by atoms with Crippen molar-refractivity contribution in [3.63, 3.8) is 0 Å². The second-order valence-electron chi connectivity index (χ2n) is 7.18. The summed E-state index contributed by atoms with van der Waals surface area (Å²) < 4.78 is 2.05. The van der Waals surface area contributed by atoms with E-state index in [4.69, 9.17) is 0 Å². The van der Waals surface area contributed by atoms with E-state index in [0.29, 0.717) is 25.1 Å². The van der Waals surface area contributed by atoms with Gasteiger partial charge in [0.2, 0.25) is 11.8 Å². The van der Waals surface area contributed by atoms with Crippen LogP contribution >= 0.6 is 0 Å². The molecule has 2 aromatic rings. The Morgan fingerprint density at radius 3 is 2.56 bits per heavy atom. The van der Waals surface area contributed by atoms with Crippen LogP contribution in [0.5, 0.6) is 0 Å². The fraction of sp³-hybridized carbons (Fsp3) is 0.476. The molecule has 0 saturated carbocycles. The molecular weight excluding hydrogens is 340 g/mol. The predicted octanol–water partition coefficient (Wildman–Crippen LogP) is 3.02. The number of aromatic nitrogens is 2. The zero-order valence-corrected chi connectivity index (χ0v) is 16.0. The lowest BCUT2D eigenvalue weighted by molar-refractivity contribution is -0.131. The number of benzene rings is 1. The van der Waals surface area contributed by atoms with Crippen LogP contribution in [0.1, 0.15) is 44.9 Å². The molecule has 0 atom stereocenters. The molecule has 1 saturated heterocycles. The van der Waals surface area contributed by atoms with Crippen molar-refractivity contribution in [2.45, 2.75) is 52.1 Å². The number of rotatable bonds is 6. The molecule has 27 heavy (non-hydrogen) atoms. The summed E-state index contributed by atoms with van der Waals surface area (Å²) in [6.07, 6.45) is 5.06. The lowest BCUT2D eigenvalue weighted by atomic mass is 10.2. The number of para-hydroxylation sites is 2. The van der Waals surface area contributed by atoms with E-state index in [1.54, 1.807) is 6.92 Å². The number of carbonyl (C=O) groups excluding carboxylic acids is 2. The van der Waals surface area contributed by atoms with Gasteiger partial charge < -0.3 is 14.8 Å². The lowest BCUT2D eigenvalue weighted by Crippen LogP contribution is -2.32. The van der Waals surface area contributed by atoms with Crippen LogP contribution in [0.15, 0.2) is 36.4 Å². The van der Waals surface area contributed by atoms with Crippen LogP contribution in [-0.2, 0) is 22.7 Å². The van der Waals surface area contributed by atoms with Gasteiger partial charge in [-0.2, -0.15) is 0 Å². The Labute approximate surface area is 160 Å². The Morgan fingerprint density at radius 2 is 1.85 bits per heavy atom. The van der Waals surface area contributed by atoms with Gasteiger partial charge in [-0.05, 0) is 31.9 Å². The Hall–Kier alpha value is -2.63. The molecule has 1 N–H and O–H groups in total. The van der Waals surface area contributed by atoms with Crippen LogP contribution in [0.2, 0.25) is 0 Å². The molecule has 1 aromatic carbocycles. The van der Waals surface area contributed by atoms with Crippen molar-refractivity contribution in [2.75, 3.05) is 13.1 Å². The van der Waals surface area contributed by atoms with Gasteiger partial charge in [-0.15, -0.1) is 0 Å². The Bertz CT molecular complexity index is 832. The first-order valence-corrected chi connectivity index (χ1v) is 9.72. The highest BCUT2D eigenvalue weighted by atomic mass is 16.2. The van der Waals surface area contributed by atoms with Crippen molar-refractivity contribution in [1.29, 1.82) is 0 Å². The van der Waals surface area contributed by atoms with E-state index in [9.17, 15) is 9.59 Å². The third kappa shape index (κ3) is 4.76. The van der Waals surface area contributed by atoms with Gasteiger partial charge in [0.1, 0.15) is 5.82 Å². The lowest BCUT2D eigenvalue weighted by Gasteiger charge is -2.20. The van der Waals surface area contributed by atoms with Gasteiger partial charge in [0.15, 0.2) is 0 Å². The van der Waals surface area contributed by atoms with E-state index >= 15 is 0 Å². The zero-order chi connectivity index (χ0) is 19.2. The van der Waals surface area contributed by atoms with Crippen molar-refractivity contribution in [3.05, 3.63) is 42.2 Å². The average molecular weight is 368 g/mol. The maximum Gasteiger partial charge on any atom is 0.246 e. The number of hydrogen-bond acceptors (Lipinski definition) is 3. The topological polar surface area (TPSA) is 67.2 Å². The summed E-state index contributed by atoms with van der Waals surface area (Å²) in [6, 6.07) is 7.86. The summed E-state index contributed by atoms with van der Waals surface area (Å²) in [5, 5.41) is 2.84. The number of fused-ring (bicyclic) bond motifs is 1. The summed E-state index contributed by atoms with van der Waals surface area (Å²) in [6.45, 7) is 7.95. The Morgan fingerprint density at radius 1 is 1.15 bits per heavy atom. The molecule has 3 rings (SSSR count). The molecule has 0 aliphatic carbocycles. The van der Waals surface area contributed by atoms with Crippen LogP contribution in [0.25, 0.3) is 11.0 Å². The van der Waals surface area contributed by atoms with Gasteiger partial charge in [0.05, 0.1) is 17.6 Å². The standard InChI is InChI=1S/C21H28N4O2/c1-16(2)21(27)22-15-19-23-17-9-5-6-10-18(17)25(19)14-11-20(26)24-12-7-3-4-8-13-24/h5-6,9-10H,1,3-4,7-8,11-15H2,2H3,(H,22,27). The fourth-order valence-corrected chi connectivity index (χ4v) is 3.51.